The standard InChI is InChI=1S/C21H35Cl2N.ClH/c1-4-5-6-7-8-9-10-11-12-13-14-17-18(21(2,3)24)15-16-19(22)20(17)23;/h15-16H,4-14,24H2,1-3H3;1H. The van der Waals surface area contributed by atoms with Crippen LogP contribution in [0, 0.1) is 0 Å². The van der Waals surface area contributed by atoms with E-state index in [1.54, 1.807) is 0 Å². The zero-order valence-corrected chi connectivity index (χ0v) is 18.5. The molecule has 0 aromatic heterocycles. The molecular weight excluding hydrogens is 373 g/mol. The van der Waals surface area contributed by atoms with E-state index in [9.17, 15) is 0 Å². The van der Waals surface area contributed by atoms with Gasteiger partial charge in [0.25, 0.3) is 0 Å². The summed E-state index contributed by atoms with van der Waals surface area (Å²) in [7, 11) is 0. The molecule has 0 radical (unpaired) electrons. The van der Waals surface area contributed by atoms with Gasteiger partial charge in [0.2, 0.25) is 0 Å². The average Bonchev–Trinajstić information content (AvgIpc) is 2.51. The Morgan fingerprint density at radius 2 is 1.32 bits per heavy atom. The molecular formula is C21H36Cl3N. The molecule has 1 aromatic carbocycles. The summed E-state index contributed by atoms with van der Waals surface area (Å²) in [6, 6.07) is 3.88. The highest BCUT2D eigenvalue weighted by atomic mass is 35.5. The fourth-order valence-electron chi connectivity index (χ4n) is 3.23. The lowest BCUT2D eigenvalue weighted by atomic mass is 9.88. The second-order valence-corrected chi connectivity index (χ2v) is 8.33. The molecule has 0 saturated carbocycles. The SMILES string of the molecule is CCCCCCCCCCCCc1c(C(C)(C)N)ccc(Cl)c1Cl.Cl. The quantitative estimate of drug-likeness (QED) is 0.347. The predicted molar refractivity (Wildman–Crippen MR) is 116 cm³/mol. The van der Waals surface area contributed by atoms with Gasteiger partial charge in [-0.25, -0.2) is 0 Å². The Bertz CT molecular complexity index is 481. The molecule has 4 heteroatoms. The normalized spacial score (nSPS) is 11.4. The fourth-order valence-corrected chi connectivity index (χ4v) is 3.67. The Kier molecular flexibility index (Phi) is 13.3. The van der Waals surface area contributed by atoms with Crippen LogP contribution in [-0.4, -0.2) is 0 Å². The highest BCUT2D eigenvalue weighted by molar-refractivity contribution is 6.42. The molecule has 0 atom stereocenters. The smallest absolute Gasteiger partial charge is 0.0627 e. The molecule has 2 N–H and O–H groups in total. The van der Waals surface area contributed by atoms with Crippen LogP contribution in [0.3, 0.4) is 0 Å². The van der Waals surface area contributed by atoms with Crippen molar-refractivity contribution in [2.45, 2.75) is 96.9 Å². The van der Waals surface area contributed by atoms with Gasteiger partial charge in [0.05, 0.1) is 10.0 Å². The van der Waals surface area contributed by atoms with Crippen molar-refractivity contribution in [3.8, 4) is 0 Å². The van der Waals surface area contributed by atoms with Crippen LogP contribution in [0.1, 0.15) is 96.1 Å². The third-order valence-electron chi connectivity index (χ3n) is 4.67. The van der Waals surface area contributed by atoms with Crippen molar-refractivity contribution in [1.82, 2.24) is 0 Å². The second kappa shape index (κ2) is 13.3. The van der Waals surface area contributed by atoms with Crippen molar-refractivity contribution in [2.75, 3.05) is 0 Å². The van der Waals surface area contributed by atoms with Crippen LogP contribution >= 0.6 is 35.6 Å². The Morgan fingerprint density at radius 1 is 0.840 bits per heavy atom. The Labute approximate surface area is 171 Å². The van der Waals surface area contributed by atoms with Gasteiger partial charge in [-0.2, -0.15) is 0 Å². The van der Waals surface area contributed by atoms with Crippen molar-refractivity contribution in [2.24, 2.45) is 5.73 Å². The monoisotopic (exact) mass is 407 g/mol. The van der Waals surface area contributed by atoms with Crippen molar-refractivity contribution >= 4 is 35.6 Å². The number of hydrogen-bond donors (Lipinski definition) is 1. The van der Waals surface area contributed by atoms with Crippen molar-refractivity contribution in [1.29, 1.82) is 0 Å². The molecule has 0 amide bonds. The predicted octanol–water partition coefficient (Wildman–Crippen LogP) is 8.07. The van der Waals surface area contributed by atoms with Crippen LogP contribution in [0.5, 0.6) is 0 Å². The van der Waals surface area contributed by atoms with Crippen LogP contribution in [0.15, 0.2) is 12.1 Å². The van der Waals surface area contributed by atoms with E-state index in [2.05, 4.69) is 6.92 Å². The largest absolute Gasteiger partial charge is 0.322 e. The molecule has 0 aliphatic rings. The van der Waals surface area contributed by atoms with Crippen LogP contribution in [-0.2, 0) is 12.0 Å². The number of benzene rings is 1. The molecule has 1 nitrogen and oxygen atoms in total. The highest BCUT2D eigenvalue weighted by Gasteiger charge is 2.21. The Balaban J connectivity index is 0.00000576. The lowest BCUT2D eigenvalue weighted by molar-refractivity contribution is 0.538. The van der Waals surface area contributed by atoms with Gasteiger partial charge >= 0.3 is 0 Å². The van der Waals surface area contributed by atoms with Gasteiger partial charge in [0.15, 0.2) is 0 Å². The van der Waals surface area contributed by atoms with Crippen molar-refractivity contribution < 1.29 is 0 Å². The van der Waals surface area contributed by atoms with Gasteiger partial charge in [-0.05, 0) is 43.9 Å². The van der Waals surface area contributed by atoms with E-state index in [-0.39, 0.29) is 17.9 Å². The molecule has 0 heterocycles. The number of rotatable bonds is 12. The minimum atomic E-state index is -0.387. The van der Waals surface area contributed by atoms with E-state index >= 15 is 0 Å². The minimum Gasteiger partial charge on any atom is -0.322 e. The maximum atomic E-state index is 6.44. The van der Waals surface area contributed by atoms with Gasteiger partial charge in [-0.1, -0.05) is 94.0 Å². The van der Waals surface area contributed by atoms with Crippen molar-refractivity contribution in [3.63, 3.8) is 0 Å². The van der Waals surface area contributed by atoms with Gasteiger partial charge in [0.1, 0.15) is 0 Å². The summed E-state index contributed by atoms with van der Waals surface area (Å²) >= 11 is 12.6. The second-order valence-electron chi connectivity index (χ2n) is 7.54. The zero-order chi connectivity index (χ0) is 18.0. The third kappa shape index (κ3) is 9.52. The number of halogens is 3. The van der Waals surface area contributed by atoms with Crippen molar-refractivity contribution in [3.05, 3.63) is 33.3 Å². The molecule has 0 aliphatic heterocycles. The summed E-state index contributed by atoms with van der Waals surface area (Å²) in [5.74, 6) is 0. The maximum Gasteiger partial charge on any atom is 0.0627 e. The van der Waals surface area contributed by atoms with Gasteiger partial charge in [-0.15, -0.1) is 12.4 Å². The number of hydrogen-bond acceptors (Lipinski definition) is 1. The molecule has 0 unspecified atom stereocenters. The molecule has 25 heavy (non-hydrogen) atoms. The molecule has 1 aromatic rings. The molecule has 146 valence electrons. The molecule has 1 rings (SSSR count). The van der Waals surface area contributed by atoms with E-state index in [4.69, 9.17) is 28.9 Å². The summed E-state index contributed by atoms with van der Waals surface area (Å²) < 4.78 is 0. The first-order valence-electron chi connectivity index (χ1n) is 9.64. The topological polar surface area (TPSA) is 26.0 Å². The summed E-state index contributed by atoms with van der Waals surface area (Å²) in [6.45, 7) is 6.31. The summed E-state index contributed by atoms with van der Waals surface area (Å²) in [4.78, 5) is 0. The molecule has 0 spiro atoms. The molecule has 0 saturated heterocycles. The highest BCUT2D eigenvalue weighted by Crippen LogP contribution is 2.34. The Hall–Kier alpha value is 0.0500. The first-order valence-corrected chi connectivity index (χ1v) is 10.4. The first kappa shape index (κ1) is 25.1. The van der Waals surface area contributed by atoms with E-state index in [0.29, 0.717) is 10.0 Å². The zero-order valence-electron chi connectivity index (χ0n) is 16.2. The lowest BCUT2D eigenvalue weighted by Gasteiger charge is -2.24. The van der Waals surface area contributed by atoms with Gasteiger partial charge < -0.3 is 5.73 Å². The maximum absolute atomic E-state index is 6.44. The van der Waals surface area contributed by atoms with Crippen LogP contribution in [0.2, 0.25) is 10.0 Å². The van der Waals surface area contributed by atoms with Crippen LogP contribution in [0.4, 0.5) is 0 Å². The van der Waals surface area contributed by atoms with Crippen LogP contribution in [0.25, 0.3) is 0 Å². The molecule has 0 fully saturated rings. The Morgan fingerprint density at radius 3 is 1.80 bits per heavy atom. The average molecular weight is 409 g/mol. The number of nitrogens with two attached hydrogens (primary N) is 1. The third-order valence-corrected chi connectivity index (χ3v) is 5.51. The van der Waals surface area contributed by atoms with E-state index < -0.39 is 0 Å². The first-order chi connectivity index (χ1) is 11.4. The fraction of sp³-hybridized carbons (Fsp3) is 0.714. The van der Waals surface area contributed by atoms with Gasteiger partial charge in [-0.3, -0.25) is 0 Å². The van der Waals surface area contributed by atoms with E-state index in [0.717, 1.165) is 24.0 Å². The van der Waals surface area contributed by atoms with Gasteiger partial charge in [0, 0.05) is 5.54 Å². The molecule has 0 aliphatic carbocycles. The van der Waals surface area contributed by atoms with E-state index in [1.807, 2.05) is 26.0 Å². The lowest BCUT2D eigenvalue weighted by Crippen LogP contribution is -2.30. The molecule has 0 bridgehead atoms. The van der Waals surface area contributed by atoms with E-state index in [1.165, 1.54) is 57.8 Å². The summed E-state index contributed by atoms with van der Waals surface area (Å²) in [6.07, 6.45) is 14.3. The number of unbranched alkanes of at least 4 members (excludes halogenated alkanes) is 9. The minimum absolute atomic E-state index is 0. The summed E-state index contributed by atoms with van der Waals surface area (Å²) in [5.41, 5.74) is 8.16. The summed E-state index contributed by atoms with van der Waals surface area (Å²) in [5, 5.41) is 1.32. The van der Waals surface area contributed by atoms with Crippen LogP contribution < -0.4 is 5.73 Å².